The van der Waals surface area contributed by atoms with Gasteiger partial charge in [-0.1, -0.05) is 81.4 Å². The van der Waals surface area contributed by atoms with Gasteiger partial charge in [-0.25, -0.2) is 0 Å². The highest BCUT2D eigenvalue weighted by molar-refractivity contribution is 6.99. The Morgan fingerprint density at radius 1 is 0.903 bits per heavy atom. The third kappa shape index (κ3) is 4.60. The van der Waals surface area contributed by atoms with Crippen molar-refractivity contribution in [2.45, 2.75) is 51.2 Å². The van der Waals surface area contributed by atoms with Gasteiger partial charge in [-0.3, -0.25) is 9.59 Å². The molecule has 3 rings (SSSR count). The summed E-state index contributed by atoms with van der Waals surface area (Å²) in [6.07, 6.45) is 1.15. The van der Waals surface area contributed by atoms with Crippen LogP contribution in [0, 0.1) is 11.8 Å². The zero-order chi connectivity index (χ0) is 22.6. The largest absolute Gasteiger partial charge is 0.481 e. The highest BCUT2D eigenvalue weighted by Crippen LogP contribution is 2.41. The predicted molar refractivity (Wildman–Crippen MR) is 123 cm³/mol. The molecule has 1 aliphatic rings. The Balaban J connectivity index is 2.05. The van der Waals surface area contributed by atoms with Crippen molar-refractivity contribution in [1.29, 1.82) is 0 Å². The average molecular weight is 441 g/mol. The second-order valence-corrected chi connectivity index (χ2v) is 13.5. The van der Waals surface area contributed by atoms with E-state index < -0.39 is 32.1 Å². The number of methoxy groups -OCH3 is 1. The summed E-state index contributed by atoms with van der Waals surface area (Å²) in [7, 11) is -1.45. The van der Waals surface area contributed by atoms with Crippen molar-refractivity contribution >= 4 is 30.6 Å². The van der Waals surface area contributed by atoms with Crippen molar-refractivity contribution in [2.24, 2.45) is 11.8 Å². The van der Waals surface area contributed by atoms with Gasteiger partial charge in [0.15, 0.2) is 0 Å². The summed E-state index contributed by atoms with van der Waals surface area (Å²) in [6.45, 7) is 6.62. The quantitative estimate of drug-likeness (QED) is 0.549. The lowest BCUT2D eigenvalue weighted by atomic mass is 9.78. The van der Waals surface area contributed by atoms with Crippen molar-refractivity contribution in [3.63, 3.8) is 0 Å². The van der Waals surface area contributed by atoms with Gasteiger partial charge in [0.2, 0.25) is 0 Å². The van der Waals surface area contributed by atoms with Crippen LogP contribution in [0.2, 0.25) is 5.04 Å². The molecule has 0 spiro atoms. The average Bonchev–Trinajstić information content (AvgIpc) is 2.77. The minimum Gasteiger partial charge on any atom is -0.481 e. The molecule has 6 heteroatoms. The fourth-order valence-electron chi connectivity index (χ4n) is 4.89. The van der Waals surface area contributed by atoms with E-state index in [9.17, 15) is 14.7 Å². The Labute approximate surface area is 185 Å². The molecule has 0 radical (unpaired) electrons. The molecule has 0 bridgehead atoms. The van der Waals surface area contributed by atoms with E-state index in [0.717, 1.165) is 0 Å². The fourth-order valence-corrected chi connectivity index (χ4v) is 9.62. The molecule has 31 heavy (non-hydrogen) atoms. The number of rotatable bonds is 6. The minimum atomic E-state index is -2.76. The number of carboxylic acids is 1. The lowest BCUT2D eigenvalue weighted by molar-refractivity contribution is -0.159. The molecule has 0 saturated heterocycles. The van der Waals surface area contributed by atoms with Gasteiger partial charge in [0.25, 0.3) is 8.32 Å². The molecule has 0 heterocycles. The summed E-state index contributed by atoms with van der Waals surface area (Å²) in [5.41, 5.74) is 0. The van der Waals surface area contributed by atoms with Crippen LogP contribution in [-0.4, -0.2) is 38.6 Å². The Bertz CT molecular complexity index is 852. The number of carbonyl (C=O) groups is 2. The first kappa shape index (κ1) is 23.2. The Morgan fingerprint density at radius 3 is 1.84 bits per heavy atom. The molecule has 3 atom stereocenters. The first-order valence-corrected chi connectivity index (χ1v) is 12.7. The van der Waals surface area contributed by atoms with Gasteiger partial charge in [-0.15, -0.1) is 0 Å². The Hall–Kier alpha value is -2.44. The summed E-state index contributed by atoms with van der Waals surface area (Å²) in [6, 6.07) is 20.7. The number of hydrogen-bond acceptors (Lipinski definition) is 4. The summed E-state index contributed by atoms with van der Waals surface area (Å²) >= 11 is 0. The van der Waals surface area contributed by atoms with Crippen LogP contribution in [0.4, 0.5) is 0 Å². The number of ether oxygens (including phenoxy) is 1. The van der Waals surface area contributed by atoms with Crippen LogP contribution in [0.1, 0.15) is 40.0 Å². The summed E-state index contributed by atoms with van der Waals surface area (Å²) in [4.78, 5) is 24.1. The first-order chi connectivity index (χ1) is 14.7. The molecule has 0 amide bonds. The van der Waals surface area contributed by atoms with E-state index in [1.165, 1.54) is 17.5 Å². The third-order valence-electron chi connectivity index (χ3n) is 6.38. The standard InChI is InChI=1S/C25H32O5Si/c1-25(2,3)31(19-11-7-5-8-12-19,20-13-9-6-10-14-20)30-18-15-16-21(23(26)27)22(17-18)24(28)29-4/h5-14,18,21-22H,15-17H2,1-4H3,(H,26,27)/t18-,21+,22-/m0/s1. The van der Waals surface area contributed by atoms with Gasteiger partial charge in [0.05, 0.1) is 18.9 Å². The summed E-state index contributed by atoms with van der Waals surface area (Å²) in [5, 5.41) is 11.8. The Morgan fingerprint density at radius 2 is 1.42 bits per heavy atom. The van der Waals surface area contributed by atoms with Gasteiger partial charge in [-0.2, -0.15) is 0 Å². The van der Waals surface area contributed by atoms with E-state index in [2.05, 4.69) is 45.0 Å². The van der Waals surface area contributed by atoms with Gasteiger partial charge in [0, 0.05) is 6.10 Å². The minimum absolute atomic E-state index is 0.180. The number of hydrogen-bond donors (Lipinski definition) is 1. The molecular formula is C25H32O5Si. The second-order valence-electron chi connectivity index (χ2n) is 9.29. The van der Waals surface area contributed by atoms with E-state index in [4.69, 9.17) is 9.16 Å². The molecule has 166 valence electrons. The van der Waals surface area contributed by atoms with Crippen LogP contribution in [0.3, 0.4) is 0 Å². The molecule has 5 nitrogen and oxygen atoms in total. The van der Waals surface area contributed by atoms with Crippen molar-refractivity contribution in [2.75, 3.05) is 7.11 Å². The SMILES string of the molecule is COC(=O)[C@H]1C[C@@H](O[Si](c2ccccc2)(c2ccccc2)C(C)(C)C)CC[C@H]1C(=O)O. The van der Waals surface area contributed by atoms with E-state index in [0.29, 0.717) is 19.3 Å². The van der Waals surface area contributed by atoms with E-state index in [1.54, 1.807) is 0 Å². The van der Waals surface area contributed by atoms with Crippen molar-refractivity contribution in [1.82, 2.24) is 0 Å². The normalized spacial score (nSPS) is 22.0. The first-order valence-electron chi connectivity index (χ1n) is 10.8. The molecule has 1 fully saturated rings. The van der Waals surface area contributed by atoms with E-state index in [1.807, 2.05) is 36.4 Å². The highest BCUT2D eigenvalue weighted by atomic mass is 28.4. The van der Waals surface area contributed by atoms with Gasteiger partial charge >= 0.3 is 11.9 Å². The maximum atomic E-state index is 12.4. The lowest BCUT2D eigenvalue weighted by Gasteiger charge is -2.46. The molecule has 1 aliphatic carbocycles. The van der Waals surface area contributed by atoms with Crippen LogP contribution in [-0.2, 0) is 18.8 Å². The number of carbonyl (C=O) groups excluding carboxylic acids is 1. The zero-order valence-corrected chi connectivity index (χ0v) is 19.7. The number of carboxylic acid groups (broad SMARTS) is 1. The van der Waals surface area contributed by atoms with Crippen molar-refractivity contribution < 1.29 is 23.9 Å². The van der Waals surface area contributed by atoms with Crippen LogP contribution in [0.5, 0.6) is 0 Å². The van der Waals surface area contributed by atoms with Crippen LogP contribution in [0.15, 0.2) is 60.7 Å². The molecule has 1 saturated carbocycles. The topological polar surface area (TPSA) is 72.8 Å². The summed E-state index contributed by atoms with van der Waals surface area (Å²) in [5.74, 6) is -2.84. The number of esters is 1. The second kappa shape index (κ2) is 9.36. The van der Waals surface area contributed by atoms with E-state index in [-0.39, 0.29) is 11.1 Å². The zero-order valence-electron chi connectivity index (χ0n) is 18.7. The van der Waals surface area contributed by atoms with Crippen LogP contribution >= 0.6 is 0 Å². The monoisotopic (exact) mass is 440 g/mol. The molecule has 0 aromatic heterocycles. The Kier molecular flexibility index (Phi) is 7.02. The molecule has 1 N–H and O–H groups in total. The summed E-state index contributed by atoms with van der Waals surface area (Å²) < 4.78 is 12.0. The van der Waals surface area contributed by atoms with E-state index >= 15 is 0 Å². The molecule has 0 unspecified atom stereocenters. The number of aliphatic carboxylic acids is 1. The number of benzene rings is 2. The maximum Gasteiger partial charge on any atom is 0.309 e. The van der Waals surface area contributed by atoms with Gasteiger partial charge in [-0.05, 0) is 34.7 Å². The maximum absolute atomic E-state index is 12.4. The van der Waals surface area contributed by atoms with Gasteiger partial charge in [0.1, 0.15) is 0 Å². The van der Waals surface area contributed by atoms with Gasteiger partial charge < -0.3 is 14.3 Å². The highest BCUT2D eigenvalue weighted by Gasteiger charge is 2.52. The lowest BCUT2D eigenvalue weighted by Crippen LogP contribution is -2.68. The smallest absolute Gasteiger partial charge is 0.309 e. The fraction of sp³-hybridized carbons (Fsp3) is 0.440. The molecule has 2 aromatic carbocycles. The molecule has 0 aliphatic heterocycles. The van der Waals surface area contributed by atoms with Crippen LogP contribution < -0.4 is 10.4 Å². The van der Waals surface area contributed by atoms with Crippen LogP contribution in [0.25, 0.3) is 0 Å². The van der Waals surface area contributed by atoms with Crippen molar-refractivity contribution in [3.05, 3.63) is 60.7 Å². The van der Waals surface area contributed by atoms with Crippen molar-refractivity contribution in [3.8, 4) is 0 Å². The molecular weight excluding hydrogens is 408 g/mol. The molecule has 2 aromatic rings. The third-order valence-corrected chi connectivity index (χ3v) is 11.5. The predicted octanol–water partition coefficient (Wildman–Crippen LogP) is 3.61.